The van der Waals surface area contributed by atoms with Crippen molar-refractivity contribution in [1.82, 2.24) is 9.55 Å². The maximum atomic E-state index is 4.25. The first-order valence-corrected chi connectivity index (χ1v) is 5.16. The molecule has 2 rings (SSSR count). The third-order valence-electron chi connectivity index (χ3n) is 1.61. The molecule has 0 aliphatic rings. The maximum Gasteiger partial charge on any atom is 0.149 e. The zero-order valence-corrected chi connectivity index (χ0v) is 8.89. The first kappa shape index (κ1) is 8.01. The predicted octanol–water partition coefficient (Wildman–Crippen LogP) is 2.91. The minimum atomic E-state index is 1.02. The average molecular weight is 243 g/mol. The van der Waals surface area contributed by atoms with Crippen LogP contribution >= 0.6 is 27.3 Å². The van der Waals surface area contributed by atoms with Gasteiger partial charge in [0.2, 0.25) is 0 Å². The lowest BCUT2D eigenvalue weighted by Gasteiger charge is -1.95. The Balaban J connectivity index is 2.50. The van der Waals surface area contributed by atoms with Gasteiger partial charge in [-0.25, -0.2) is 4.98 Å². The number of nitrogens with zero attached hydrogens (tertiary/aromatic N) is 2. The zero-order valence-electron chi connectivity index (χ0n) is 6.49. The molecule has 0 saturated heterocycles. The Bertz CT molecular complexity index is 391. The van der Waals surface area contributed by atoms with Crippen LogP contribution in [-0.2, 0) is 7.05 Å². The second-order valence-corrected chi connectivity index (χ2v) is 4.32. The van der Waals surface area contributed by atoms with Gasteiger partial charge >= 0.3 is 0 Å². The van der Waals surface area contributed by atoms with Crippen LogP contribution in [0.25, 0.3) is 10.7 Å². The molecule has 2 nitrogen and oxygen atoms in total. The van der Waals surface area contributed by atoms with Crippen molar-refractivity contribution in [3.8, 4) is 10.7 Å². The van der Waals surface area contributed by atoms with Crippen molar-refractivity contribution in [1.29, 1.82) is 0 Å². The van der Waals surface area contributed by atoms with E-state index in [9.17, 15) is 0 Å². The van der Waals surface area contributed by atoms with Crippen LogP contribution in [0, 0.1) is 0 Å². The Morgan fingerprint density at radius 3 is 2.92 bits per heavy atom. The topological polar surface area (TPSA) is 17.8 Å². The molecule has 0 N–H and O–H groups in total. The fraction of sp³-hybridized carbons (Fsp3) is 0.125. The van der Waals surface area contributed by atoms with E-state index < -0.39 is 0 Å². The maximum absolute atomic E-state index is 4.25. The van der Waals surface area contributed by atoms with E-state index in [-0.39, 0.29) is 0 Å². The van der Waals surface area contributed by atoms with Gasteiger partial charge in [0.1, 0.15) is 5.82 Å². The summed E-state index contributed by atoms with van der Waals surface area (Å²) in [5.41, 5.74) is 0. The molecule has 0 bridgehead atoms. The molecule has 62 valence electrons. The van der Waals surface area contributed by atoms with Gasteiger partial charge in [0, 0.05) is 29.3 Å². The Hall–Kier alpha value is -0.610. The van der Waals surface area contributed by atoms with E-state index in [2.05, 4.69) is 32.4 Å². The van der Waals surface area contributed by atoms with Crippen molar-refractivity contribution in [2.75, 3.05) is 0 Å². The van der Waals surface area contributed by atoms with Gasteiger partial charge in [0.05, 0.1) is 4.88 Å². The van der Waals surface area contributed by atoms with Crippen LogP contribution in [0.5, 0.6) is 0 Å². The van der Waals surface area contributed by atoms with Gasteiger partial charge in [-0.3, -0.25) is 0 Å². The molecule has 0 aliphatic heterocycles. The molecule has 0 fully saturated rings. The fourth-order valence-electron chi connectivity index (χ4n) is 1.03. The van der Waals surface area contributed by atoms with Crippen LogP contribution in [-0.4, -0.2) is 9.55 Å². The molecule has 12 heavy (non-hydrogen) atoms. The van der Waals surface area contributed by atoms with E-state index in [4.69, 9.17) is 0 Å². The molecule has 0 aromatic carbocycles. The summed E-state index contributed by atoms with van der Waals surface area (Å²) in [5, 5.41) is 2.06. The third kappa shape index (κ3) is 1.32. The van der Waals surface area contributed by atoms with Crippen molar-refractivity contribution in [2.45, 2.75) is 0 Å². The number of aromatic nitrogens is 2. The zero-order chi connectivity index (χ0) is 8.55. The summed E-state index contributed by atoms with van der Waals surface area (Å²) in [6.07, 6.45) is 3.76. The van der Waals surface area contributed by atoms with Crippen molar-refractivity contribution >= 4 is 27.3 Å². The van der Waals surface area contributed by atoms with Gasteiger partial charge in [-0.05, 0) is 22.0 Å². The van der Waals surface area contributed by atoms with Crippen LogP contribution in [0.3, 0.4) is 0 Å². The normalized spacial score (nSPS) is 10.5. The first-order chi connectivity index (χ1) is 5.77. The Labute approximate surface area is 83.0 Å². The van der Waals surface area contributed by atoms with Gasteiger partial charge in [0.25, 0.3) is 0 Å². The molecule has 2 aromatic heterocycles. The predicted molar refractivity (Wildman–Crippen MR) is 54.2 cm³/mol. The van der Waals surface area contributed by atoms with Crippen LogP contribution in [0.1, 0.15) is 0 Å². The molecule has 0 spiro atoms. The number of thiophene rings is 1. The lowest BCUT2D eigenvalue weighted by atomic mass is 10.4. The molecule has 0 atom stereocenters. The molecule has 0 amide bonds. The van der Waals surface area contributed by atoms with Gasteiger partial charge < -0.3 is 4.57 Å². The molecule has 0 aliphatic carbocycles. The minimum absolute atomic E-state index is 1.02. The van der Waals surface area contributed by atoms with E-state index in [0.717, 1.165) is 10.3 Å². The highest BCUT2D eigenvalue weighted by atomic mass is 79.9. The highest BCUT2D eigenvalue weighted by Crippen LogP contribution is 2.27. The van der Waals surface area contributed by atoms with Crippen molar-refractivity contribution < 1.29 is 0 Å². The largest absolute Gasteiger partial charge is 0.333 e. The molecular formula is C8H7BrN2S. The number of halogens is 1. The number of hydrogen-bond acceptors (Lipinski definition) is 2. The van der Waals surface area contributed by atoms with Crippen molar-refractivity contribution in [3.05, 3.63) is 28.3 Å². The Morgan fingerprint density at radius 2 is 2.42 bits per heavy atom. The Kier molecular flexibility index (Phi) is 2.02. The van der Waals surface area contributed by atoms with Crippen LogP contribution < -0.4 is 0 Å². The summed E-state index contributed by atoms with van der Waals surface area (Å²) in [6.45, 7) is 0. The molecule has 0 saturated carbocycles. The highest BCUT2D eigenvalue weighted by molar-refractivity contribution is 9.10. The second kappa shape index (κ2) is 3.03. The lowest BCUT2D eigenvalue weighted by molar-refractivity contribution is 0.928. The van der Waals surface area contributed by atoms with E-state index in [1.54, 1.807) is 11.3 Å². The number of hydrogen-bond donors (Lipinski definition) is 0. The van der Waals surface area contributed by atoms with Gasteiger partial charge in [0.15, 0.2) is 0 Å². The molecule has 0 radical (unpaired) electrons. The molecular weight excluding hydrogens is 236 g/mol. The smallest absolute Gasteiger partial charge is 0.149 e. The van der Waals surface area contributed by atoms with Gasteiger partial charge in [-0.15, -0.1) is 11.3 Å². The van der Waals surface area contributed by atoms with Crippen molar-refractivity contribution in [3.63, 3.8) is 0 Å². The molecule has 4 heteroatoms. The summed E-state index contributed by atoms with van der Waals surface area (Å²) in [6, 6.07) is 2.08. The lowest BCUT2D eigenvalue weighted by Crippen LogP contribution is -1.87. The van der Waals surface area contributed by atoms with Crippen molar-refractivity contribution in [2.24, 2.45) is 7.05 Å². The van der Waals surface area contributed by atoms with Gasteiger partial charge in [-0.1, -0.05) is 0 Å². The summed E-state index contributed by atoms with van der Waals surface area (Å²) >= 11 is 5.11. The van der Waals surface area contributed by atoms with Crippen LogP contribution in [0.15, 0.2) is 28.3 Å². The number of aryl methyl sites for hydroxylation is 1. The molecule has 2 heterocycles. The van der Waals surface area contributed by atoms with E-state index in [1.165, 1.54) is 4.88 Å². The van der Waals surface area contributed by atoms with Gasteiger partial charge in [-0.2, -0.15) is 0 Å². The van der Waals surface area contributed by atoms with E-state index >= 15 is 0 Å². The van der Waals surface area contributed by atoms with E-state index in [0.29, 0.717) is 0 Å². The minimum Gasteiger partial charge on any atom is -0.333 e. The highest BCUT2D eigenvalue weighted by Gasteiger charge is 2.04. The molecule has 2 aromatic rings. The summed E-state index contributed by atoms with van der Waals surface area (Å²) in [4.78, 5) is 5.44. The average Bonchev–Trinajstić information content (AvgIpc) is 2.58. The molecule has 0 unspecified atom stereocenters. The standard InChI is InChI=1S/C8H7BrN2S/c1-11-3-2-10-8(11)7-4-6(9)5-12-7/h2-5H,1H3. The number of rotatable bonds is 1. The Morgan fingerprint density at radius 1 is 1.58 bits per heavy atom. The quantitative estimate of drug-likeness (QED) is 0.752. The second-order valence-electron chi connectivity index (χ2n) is 2.49. The monoisotopic (exact) mass is 242 g/mol. The first-order valence-electron chi connectivity index (χ1n) is 3.49. The van der Waals surface area contributed by atoms with Crippen LogP contribution in [0.4, 0.5) is 0 Å². The SMILES string of the molecule is Cn1ccnc1-c1cc(Br)cs1. The number of imidazole rings is 1. The summed E-state index contributed by atoms with van der Waals surface area (Å²) in [7, 11) is 2.00. The third-order valence-corrected chi connectivity index (χ3v) is 3.30. The summed E-state index contributed by atoms with van der Waals surface area (Å²) < 4.78 is 3.13. The van der Waals surface area contributed by atoms with Crippen LogP contribution in [0.2, 0.25) is 0 Å². The summed E-state index contributed by atoms with van der Waals surface area (Å²) in [5.74, 6) is 1.02. The fourth-order valence-corrected chi connectivity index (χ4v) is 2.50. The van der Waals surface area contributed by atoms with E-state index in [1.807, 2.05) is 24.0 Å².